The van der Waals surface area contributed by atoms with Crippen LogP contribution in [0.2, 0.25) is 0 Å². The van der Waals surface area contributed by atoms with Crippen LogP contribution >= 0.6 is 11.3 Å². The smallest absolute Gasteiger partial charge is 0.0897 e. The van der Waals surface area contributed by atoms with Crippen molar-refractivity contribution in [3.63, 3.8) is 0 Å². The van der Waals surface area contributed by atoms with E-state index in [1.807, 2.05) is 0 Å². The summed E-state index contributed by atoms with van der Waals surface area (Å²) in [4.78, 5) is 4.61. The molecular weight excluding hydrogens is 264 g/mol. The second-order valence-electron chi connectivity index (χ2n) is 5.48. The number of nitrogens with one attached hydrogen (secondary N) is 1. The van der Waals surface area contributed by atoms with Crippen molar-refractivity contribution in [2.45, 2.75) is 47.1 Å². The topological polar surface area (TPSA) is 24.9 Å². The first-order valence-electron chi connectivity index (χ1n) is 7.23. The summed E-state index contributed by atoms with van der Waals surface area (Å²) < 4.78 is 0. The van der Waals surface area contributed by atoms with Gasteiger partial charge < -0.3 is 5.32 Å². The van der Waals surface area contributed by atoms with Gasteiger partial charge in [0.15, 0.2) is 0 Å². The van der Waals surface area contributed by atoms with Gasteiger partial charge in [0.2, 0.25) is 0 Å². The average Bonchev–Trinajstić information content (AvgIpc) is 2.73. The zero-order valence-corrected chi connectivity index (χ0v) is 13.9. The Balaban J connectivity index is 2.33. The summed E-state index contributed by atoms with van der Waals surface area (Å²) in [5, 5.41) is 6.95. The van der Waals surface area contributed by atoms with E-state index in [1.165, 1.54) is 27.9 Å². The van der Waals surface area contributed by atoms with Gasteiger partial charge in [-0.25, -0.2) is 4.98 Å². The van der Waals surface area contributed by atoms with E-state index in [2.05, 4.69) is 62.4 Å². The maximum absolute atomic E-state index is 4.61. The van der Waals surface area contributed by atoms with Crippen LogP contribution in [0.5, 0.6) is 0 Å². The Kier molecular flexibility index (Phi) is 4.95. The fourth-order valence-electron chi connectivity index (χ4n) is 2.97. The van der Waals surface area contributed by atoms with E-state index >= 15 is 0 Å². The van der Waals surface area contributed by atoms with E-state index in [0.717, 1.165) is 18.0 Å². The van der Waals surface area contributed by atoms with Gasteiger partial charge in [0.1, 0.15) is 0 Å². The zero-order chi connectivity index (χ0) is 14.7. The molecule has 1 N–H and O–H groups in total. The molecule has 1 aromatic heterocycles. The van der Waals surface area contributed by atoms with Crippen LogP contribution in [0.1, 0.15) is 45.9 Å². The van der Waals surface area contributed by atoms with Crippen LogP contribution in [-0.2, 0) is 6.42 Å². The van der Waals surface area contributed by atoms with E-state index < -0.39 is 0 Å². The largest absolute Gasteiger partial charge is 0.310 e. The molecular formula is C17H24N2S. The number of hydrogen-bond donors (Lipinski definition) is 1. The summed E-state index contributed by atoms with van der Waals surface area (Å²) in [6.45, 7) is 11.8. The third-order valence-electron chi connectivity index (χ3n) is 3.62. The third kappa shape index (κ3) is 3.47. The van der Waals surface area contributed by atoms with E-state index in [0.29, 0.717) is 6.04 Å². The highest BCUT2D eigenvalue weighted by Crippen LogP contribution is 2.26. The zero-order valence-electron chi connectivity index (χ0n) is 13.1. The molecule has 108 valence electrons. The molecule has 0 radical (unpaired) electrons. The first-order valence-corrected chi connectivity index (χ1v) is 8.11. The molecule has 0 spiro atoms. The van der Waals surface area contributed by atoms with Gasteiger partial charge >= 0.3 is 0 Å². The Morgan fingerprint density at radius 1 is 1.15 bits per heavy atom. The summed E-state index contributed by atoms with van der Waals surface area (Å²) in [5.41, 5.74) is 6.71. The third-order valence-corrected chi connectivity index (χ3v) is 4.44. The molecule has 2 rings (SSSR count). The number of likely N-dealkylation sites (N-methyl/N-ethyl adjacent to an activating group) is 1. The van der Waals surface area contributed by atoms with Crippen molar-refractivity contribution in [1.29, 1.82) is 0 Å². The van der Waals surface area contributed by atoms with Crippen LogP contribution in [0.4, 0.5) is 0 Å². The van der Waals surface area contributed by atoms with Crippen molar-refractivity contribution in [2.24, 2.45) is 0 Å². The Hall–Kier alpha value is -1.19. The lowest BCUT2D eigenvalue weighted by Crippen LogP contribution is -2.24. The Morgan fingerprint density at radius 3 is 2.30 bits per heavy atom. The van der Waals surface area contributed by atoms with Gasteiger partial charge in [-0.15, -0.1) is 11.3 Å². The summed E-state index contributed by atoms with van der Waals surface area (Å²) in [5.74, 6) is 0. The molecule has 0 fully saturated rings. The van der Waals surface area contributed by atoms with E-state index in [1.54, 1.807) is 11.3 Å². The molecule has 2 aromatic rings. The van der Waals surface area contributed by atoms with Gasteiger partial charge in [-0.1, -0.05) is 24.6 Å². The minimum Gasteiger partial charge on any atom is -0.310 e. The first-order chi connectivity index (χ1) is 9.51. The monoisotopic (exact) mass is 288 g/mol. The highest BCUT2D eigenvalue weighted by Gasteiger charge is 2.17. The van der Waals surface area contributed by atoms with Crippen molar-refractivity contribution in [3.8, 4) is 0 Å². The summed E-state index contributed by atoms with van der Waals surface area (Å²) in [6.07, 6.45) is 0.961. The number of nitrogens with zero attached hydrogens (tertiary/aromatic N) is 1. The minimum atomic E-state index is 0.349. The van der Waals surface area contributed by atoms with Gasteiger partial charge in [-0.05, 0) is 50.9 Å². The fraction of sp³-hybridized carbons (Fsp3) is 0.471. The minimum absolute atomic E-state index is 0.349. The highest BCUT2D eigenvalue weighted by atomic mass is 32.1. The standard InChI is InChI=1S/C17H24N2S/c1-6-18-16(9-15-10-20-14(5)19-15)17-12(3)7-11(2)8-13(17)4/h7-8,10,16,18H,6,9H2,1-5H3. The van der Waals surface area contributed by atoms with Gasteiger partial charge in [0.25, 0.3) is 0 Å². The SMILES string of the molecule is CCNC(Cc1csc(C)n1)c1c(C)cc(C)cc1C. The Morgan fingerprint density at radius 2 is 1.80 bits per heavy atom. The maximum Gasteiger partial charge on any atom is 0.0897 e. The van der Waals surface area contributed by atoms with Crippen molar-refractivity contribution in [3.05, 3.63) is 50.5 Å². The summed E-state index contributed by atoms with van der Waals surface area (Å²) >= 11 is 1.73. The molecule has 20 heavy (non-hydrogen) atoms. The molecule has 3 heteroatoms. The van der Waals surface area contributed by atoms with Gasteiger partial charge in [0.05, 0.1) is 10.7 Å². The lowest BCUT2D eigenvalue weighted by atomic mass is 9.91. The summed E-state index contributed by atoms with van der Waals surface area (Å²) in [7, 11) is 0. The second-order valence-corrected chi connectivity index (χ2v) is 6.55. The van der Waals surface area contributed by atoms with Crippen LogP contribution in [0, 0.1) is 27.7 Å². The molecule has 0 aliphatic rings. The number of rotatable bonds is 5. The normalized spacial score (nSPS) is 12.7. The molecule has 0 saturated heterocycles. The maximum atomic E-state index is 4.61. The Labute approximate surface area is 126 Å². The quantitative estimate of drug-likeness (QED) is 0.888. The predicted octanol–water partition coefficient (Wildman–Crippen LogP) is 4.27. The predicted molar refractivity (Wildman–Crippen MR) is 87.6 cm³/mol. The molecule has 1 aromatic carbocycles. The van der Waals surface area contributed by atoms with E-state index in [-0.39, 0.29) is 0 Å². The summed E-state index contributed by atoms with van der Waals surface area (Å²) in [6, 6.07) is 4.90. The van der Waals surface area contributed by atoms with E-state index in [4.69, 9.17) is 0 Å². The molecule has 0 aliphatic carbocycles. The van der Waals surface area contributed by atoms with Crippen LogP contribution in [-0.4, -0.2) is 11.5 Å². The Bertz CT molecular complexity index is 563. The molecule has 0 amide bonds. The lowest BCUT2D eigenvalue weighted by Gasteiger charge is -2.22. The molecule has 0 aliphatic heterocycles. The number of thiazole rings is 1. The van der Waals surface area contributed by atoms with Crippen molar-refractivity contribution in [1.82, 2.24) is 10.3 Å². The average molecular weight is 288 g/mol. The first kappa shape index (κ1) is 15.2. The number of hydrogen-bond acceptors (Lipinski definition) is 3. The number of benzene rings is 1. The van der Waals surface area contributed by atoms with Gasteiger partial charge in [-0.2, -0.15) is 0 Å². The van der Waals surface area contributed by atoms with Crippen molar-refractivity contribution >= 4 is 11.3 Å². The van der Waals surface area contributed by atoms with Crippen molar-refractivity contribution < 1.29 is 0 Å². The number of aryl methyl sites for hydroxylation is 4. The highest BCUT2D eigenvalue weighted by molar-refractivity contribution is 7.09. The molecule has 1 heterocycles. The molecule has 1 atom stereocenters. The fourth-order valence-corrected chi connectivity index (χ4v) is 3.60. The second kappa shape index (κ2) is 6.51. The lowest BCUT2D eigenvalue weighted by molar-refractivity contribution is 0.540. The number of aromatic nitrogens is 1. The van der Waals surface area contributed by atoms with Gasteiger partial charge in [0, 0.05) is 17.8 Å². The van der Waals surface area contributed by atoms with Crippen LogP contribution < -0.4 is 5.32 Å². The molecule has 0 bridgehead atoms. The molecule has 2 nitrogen and oxygen atoms in total. The van der Waals surface area contributed by atoms with Crippen molar-refractivity contribution in [2.75, 3.05) is 6.54 Å². The molecule has 1 unspecified atom stereocenters. The van der Waals surface area contributed by atoms with Crippen LogP contribution in [0.15, 0.2) is 17.5 Å². The van der Waals surface area contributed by atoms with E-state index in [9.17, 15) is 0 Å². The van der Waals surface area contributed by atoms with Gasteiger partial charge in [-0.3, -0.25) is 0 Å². The van der Waals surface area contributed by atoms with Crippen LogP contribution in [0.25, 0.3) is 0 Å². The molecule has 0 saturated carbocycles. The van der Waals surface area contributed by atoms with Crippen LogP contribution in [0.3, 0.4) is 0 Å².